The molecular formula is C9H5ClF2N2O2. The molecule has 4 nitrogen and oxygen atoms in total. The van der Waals surface area contributed by atoms with Crippen LogP contribution in [0.25, 0.3) is 0 Å². The third-order valence-electron chi connectivity index (χ3n) is 1.80. The van der Waals surface area contributed by atoms with E-state index in [4.69, 9.17) is 22.0 Å². The summed E-state index contributed by atoms with van der Waals surface area (Å²) in [6.07, 6.45) is -2.73. The Morgan fingerprint density at radius 1 is 1.69 bits per heavy atom. The Morgan fingerprint density at radius 3 is 2.75 bits per heavy atom. The molecule has 1 N–H and O–H groups in total. The zero-order valence-corrected chi connectivity index (χ0v) is 8.50. The van der Waals surface area contributed by atoms with Crippen LogP contribution in [-0.2, 0) is 11.2 Å². The number of carboxylic acid groups (broad SMARTS) is 1. The van der Waals surface area contributed by atoms with Crippen molar-refractivity contribution in [2.75, 3.05) is 0 Å². The summed E-state index contributed by atoms with van der Waals surface area (Å²) >= 11 is 5.64. The molecule has 0 unspecified atom stereocenters. The van der Waals surface area contributed by atoms with Crippen LogP contribution in [0.5, 0.6) is 0 Å². The van der Waals surface area contributed by atoms with Crippen molar-refractivity contribution in [2.45, 2.75) is 12.8 Å². The topological polar surface area (TPSA) is 74.0 Å². The SMILES string of the molecule is N#Cc1cnc(C(F)F)c(CC(=O)O)c1Cl. The molecule has 0 bridgehead atoms. The molecule has 0 aliphatic heterocycles. The smallest absolute Gasteiger partial charge is 0.307 e. The molecule has 0 radical (unpaired) electrons. The number of carbonyl (C=O) groups is 1. The number of carboxylic acids is 1. The molecule has 1 rings (SSSR count). The molecule has 1 heterocycles. The lowest BCUT2D eigenvalue weighted by Gasteiger charge is -2.08. The summed E-state index contributed by atoms with van der Waals surface area (Å²) < 4.78 is 25.0. The Morgan fingerprint density at radius 2 is 2.31 bits per heavy atom. The monoisotopic (exact) mass is 246 g/mol. The number of halogens is 3. The minimum Gasteiger partial charge on any atom is -0.481 e. The highest BCUT2D eigenvalue weighted by molar-refractivity contribution is 6.32. The van der Waals surface area contributed by atoms with Crippen LogP contribution in [0.4, 0.5) is 8.78 Å². The fourth-order valence-electron chi connectivity index (χ4n) is 1.13. The zero-order valence-electron chi connectivity index (χ0n) is 7.75. The van der Waals surface area contributed by atoms with Crippen molar-refractivity contribution in [1.82, 2.24) is 4.98 Å². The lowest BCUT2D eigenvalue weighted by molar-refractivity contribution is -0.136. The summed E-state index contributed by atoms with van der Waals surface area (Å²) in [5.41, 5.74) is -1.14. The lowest BCUT2D eigenvalue weighted by Crippen LogP contribution is -2.07. The van der Waals surface area contributed by atoms with Gasteiger partial charge in [-0.2, -0.15) is 5.26 Å². The maximum Gasteiger partial charge on any atom is 0.307 e. The highest BCUT2D eigenvalue weighted by Gasteiger charge is 2.21. The number of nitriles is 1. The van der Waals surface area contributed by atoms with Crippen molar-refractivity contribution in [1.29, 1.82) is 5.26 Å². The third-order valence-corrected chi connectivity index (χ3v) is 2.23. The summed E-state index contributed by atoms with van der Waals surface area (Å²) in [7, 11) is 0. The molecule has 0 saturated heterocycles. The van der Waals surface area contributed by atoms with Crippen molar-refractivity contribution in [3.63, 3.8) is 0 Å². The molecule has 0 amide bonds. The molecule has 16 heavy (non-hydrogen) atoms. The summed E-state index contributed by atoms with van der Waals surface area (Å²) in [6.45, 7) is 0. The van der Waals surface area contributed by atoms with E-state index in [9.17, 15) is 13.6 Å². The average Bonchev–Trinajstić information content (AvgIpc) is 2.19. The van der Waals surface area contributed by atoms with Crippen LogP contribution in [-0.4, -0.2) is 16.1 Å². The molecule has 1 aromatic rings. The highest BCUT2D eigenvalue weighted by atomic mass is 35.5. The average molecular weight is 247 g/mol. The van der Waals surface area contributed by atoms with Gasteiger partial charge in [0.25, 0.3) is 6.43 Å². The van der Waals surface area contributed by atoms with E-state index in [0.29, 0.717) is 0 Å². The van der Waals surface area contributed by atoms with Gasteiger partial charge in [0, 0.05) is 11.8 Å². The Labute approximate surface area is 94.1 Å². The Balaban J connectivity index is 3.37. The van der Waals surface area contributed by atoms with Gasteiger partial charge < -0.3 is 5.11 Å². The summed E-state index contributed by atoms with van der Waals surface area (Å²) in [5.74, 6) is -1.32. The largest absolute Gasteiger partial charge is 0.481 e. The number of alkyl halides is 2. The lowest BCUT2D eigenvalue weighted by atomic mass is 10.1. The van der Waals surface area contributed by atoms with Crippen LogP contribution in [0.1, 0.15) is 23.2 Å². The van der Waals surface area contributed by atoms with E-state index in [0.717, 1.165) is 6.20 Å². The van der Waals surface area contributed by atoms with Crippen LogP contribution >= 0.6 is 11.6 Å². The van der Waals surface area contributed by atoms with Gasteiger partial charge in [-0.25, -0.2) is 8.78 Å². The van der Waals surface area contributed by atoms with Gasteiger partial charge in [0.15, 0.2) is 0 Å². The minimum absolute atomic E-state index is 0.123. The summed E-state index contributed by atoms with van der Waals surface area (Å²) in [5, 5.41) is 16.9. The number of hydrogen-bond donors (Lipinski definition) is 1. The van der Waals surface area contributed by atoms with Crippen molar-refractivity contribution >= 4 is 17.6 Å². The molecule has 0 aliphatic carbocycles. The summed E-state index contributed by atoms with van der Waals surface area (Å²) in [4.78, 5) is 13.8. The predicted molar refractivity (Wildman–Crippen MR) is 50.3 cm³/mol. The first kappa shape index (κ1) is 12.3. The van der Waals surface area contributed by atoms with Gasteiger partial charge in [-0.15, -0.1) is 0 Å². The van der Waals surface area contributed by atoms with Gasteiger partial charge in [-0.3, -0.25) is 9.78 Å². The second-order valence-electron chi connectivity index (χ2n) is 2.83. The van der Waals surface area contributed by atoms with E-state index in [2.05, 4.69) is 4.98 Å². The van der Waals surface area contributed by atoms with E-state index in [1.165, 1.54) is 0 Å². The van der Waals surface area contributed by atoms with Gasteiger partial charge in [-0.1, -0.05) is 11.6 Å². The van der Waals surface area contributed by atoms with Crippen molar-refractivity contribution < 1.29 is 18.7 Å². The minimum atomic E-state index is -2.93. The molecule has 0 spiro atoms. The molecule has 0 atom stereocenters. The fraction of sp³-hybridized carbons (Fsp3) is 0.222. The quantitative estimate of drug-likeness (QED) is 0.887. The van der Waals surface area contributed by atoms with Crippen LogP contribution < -0.4 is 0 Å². The van der Waals surface area contributed by atoms with Gasteiger partial charge in [-0.05, 0) is 0 Å². The maximum absolute atomic E-state index is 12.5. The second-order valence-corrected chi connectivity index (χ2v) is 3.21. The molecule has 0 fully saturated rings. The van der Waals surface area contributed by atoms with E-state index in [1.54, 1.807) is 6.07 Å². The molecule has 7 heteroatoms. The Kier molecular flexibility index (Phi) is 3.74. The molecule has 0 aromatic carbocycles. The van der Waals surface area contributed by atoms with Crippen molar-refractivity contribution in [2.24, 2.45) is 0 Å². The third kappa shape index (κ3) is 2.44. The van der Waals surface area contributed by atoms with Crippen molar-refractivity contribution in [3.05, 3.63) is 28.0 Å². The molecule has 0 aliphatic rings. The number of aliphatic carboxylic acids is 1. The van der Waals surface area contributed by atoms with Crippen LogP contribution in [0.2, 0.25) is 5.02 Å². The first-order chi connectivity index (χ1) is 7.47. The Hall–Kier alpha value is -1.74. The molecular weight excluding hydrogens is 242 g/mol. The highest BCUT2D eigenvalue weighted by Crippen LogP contribution is 2.29. The van der Waals surface area contributed by atoms with Gasteiger partial charge in [0.1, 0.15) is 11.8 Å². The van der Waals surface area contributed by atoms with Gasteiger partial charge in [0.2, 0.25) is 0 Å². The first-order valence-corrected chi connectivity index (χ1v) is 4.42. The molecule has 0 saturated carbocycles. The van der Waals surface area contributed by atoms with Crippen LogP contribution in [0.15, 0.2) is 6.20 Å². The van der Waals surface area contributed by atoms with E-state index < -0.39 is 24.5 Å². The number of rotatable bonds is 3. The van der Waals surface area contributed by atoms with Crippen LogP contribution in [0, 0.1) is 11.3 Å². The summed E-state index contributed by atoms with van der Waals surface area (Å²) in [6, 6.07) is 1.64. The maximum atomic E-state index is 12.5. The fourth-order valence-corrected chi connectivity index (χ4v) is 1.38. The van der Waals surface area contributed by atoms with E-state index >= 15 is 0 Å². The number of pyridine rings is 1. The van der Waals surface area contributed by atoms with E-state index in [-0.39, 0.29) is 16.1 Å². The van der Waals surface area contributed by atoms with E-state index in [1.807, 2.05) is 0 Å². The first-order valence-electron chi connectivity index (χ1n) is 4.04. The number of hydrogen-bond acceptors (Lipinski definition) is 3. The molecule has 1 aromatic heterocycles. The normalized spacial score (nSPS) is 10.2. The number of nitrogens with zero attached hydrogens (tertiary/aromatic N) is 2. The molecule has 84 valence electrons. The Bertz CT molecular complexity index is 471. The number of aromatic nitrogens is 1. The second kappa shape index (κ2) is 4.86. The van der Waals surface area contributed by atoms with Crippen LogP contribution in [0.3, 0.4) is 0 Å². The zero-order chi connectivity index (χ0) is 12.3. The van der Waals surface area contributed by atoms with Crippen molar-refractivity contribution in [3.8, 4) is 6.07 Å². The van der Waals surface area contributed by atoms with Gasteiger partial charge >= 0.3 is 5.97 Å². The standard InChI is InChI=1S/C9H5ClF2N2O2/c10-7-4(2-13)3-14-8(9(11)12)5(7)1-6(15)16/h3,9H,1H2,(H,15,16). The predicted octanol–water partition coefficient (Wildman–Crippen LogP) is 2.17. The van der Waals surface area contributed by atoms with Gasteiger partial charge in [0.05, 0.1) is 17.0 Å².